The van der Waals surface area contributed by atoms with E-state index >= 15 is 0 Å². The molecule has 10 heavy (non-hydrogen) atoms. The number of aliphatic hydroxyl groups excluding tert-OH is 1. The molecule has 0 saturated carbocycles. The zero-order valence-corrected chi connectivity index (χ0v) is 5.50. The molecule has 56 valence electrons. The molecule has 0 fully saturated rings. The SMILES string of the molecule is OCc1ccn(CCF)n1. The molecule has 0 aliphatic rings. The Labute approximate surface area is 58.1 Å². The fourth-order valence-electron chi connectivity index (χ4n) is 0.699. The van der Waals surface area contributed by atoms with Gasteiger partial charge in [0.25, 0.3) is 0 Å². The van der Waals surface area contributed by atoms with Crippen LogP contribution in [0.4, 0.5) is 4.39 Å². The Hall–Kier alpha value is -0.900. The molecule has 1 aromatic rings. The van der Waals surface area contributed by atoms with Crippen molar-refractivity contribution in [2.24, 2.45) is 0 Å². The lowest BCUT2D eigenvalue weighted by molar-refractivity contribution is 0.274. The Kier molecular flexibility index (Phi) is 2.39. The maximum Gasteiger partial charge on any atom is 0.109 e. The van der Waals surface area contributed by atoms with Gasteiger partial charge in [-0.1, -0.05) is 0 Å². The van der Waals surface area contributed by atoms with Crippen molar-refractivity contribution >= 4 is 0 Å². The number of aryl methyl sites for hydroxylation is 1. The van der Waals surface area contributed by atoms with Gasteiger partial charge in [0.2, 0.25) is 0 Å². The molecule has 1 N–H and O–H groups in total. The number of aliphatic hydroxyl groups is 1. The highest BCUT2D eigenvalue weighted by Gasteiger charge is 1.94. The quantitative estimate of drug-likeness (QED) is 0.664. The number of rotatable bonds is 3. The first-order valence-corrected chi connectivity index (χ1v) is 3.06. The molecule has 0 bridgehead atoms. The van der Waals surface area contributed by atoms with Crippen LogP contribution in [0.25, 0.3) is 0 Å². The molecule has 1 aromatic heterocycles. The average molecular weight is 144 g/mol. The van der Waals surface area contributed by atoms with Crippen LogP contribution in [-0.2, 0) is 13.2 Å². The van der Waals surface area contributed by atoms with E-state index in [0.717, 1.165) is 0 Å². The molecule has 3 nitrogen and oxygen atoms in total. The molecule has 0 spiro atoms. The van der Waals surface area contributed by atoms with Gasteiger partial charge in [0, 0.05) is 6.20 Å². The summed E-state index contributed by atoms with van der Waals surface area (Å²) >= 11 is 0. The Morgan fingerprint density at radius 2 is 2.50 bits per heavy atom. The first-order valence-electron chi connectivity index (χ1n) is 3.06. The van der Waals surface area contributed by atoms with Crippen LogP contribution >= 0.6 is 0 Å². The van der Waals surface area contributed by atoms with Crippen LogP contribution < -0.4 is 0 Å². The Morgan fingerprint density at radius 3 is 3.00 bits per heavy atom. The van der Waals surface area contributed by atoms with E-state index in [1.807, 2.05) is 0 Å². The van der Waals surface area contributed by atoms with Crippen LogP contribution in [0, 0.1) is 0 Å². The van der Waals surface area contributed by atoms with Gasteiger partial charge in [0.05, 0.1) is 18.8 Å². The van der Waals surface area contributed by atoms with Gasteiger partial charge in [-0.3, -0.25) is 4.68 Å². The third kappa shape index (κ3) is 1.54. The van der Waals surface area contributed by atoms with E-state index in [1.54, 1.807) is 12.3 Å². The molecular weight excluding hydrogens is 135 g/mol. The van der Waals surface area contributed by atoms with Crippen molar-refractivity contribution in [1.29, 1.82) is 0 Å². The lowest BCUT2D eigenvalue weighted by Crippen LogP contribution is -2.00. The third-order valence-electron chi connectivity index (χ3n) is 1.17. The lowest BCUT2D eigenvalue weighted by atomic mass is 10.5. The zero-order valence-electron chi connectivity index (χ0n) is 5.50. The van der Waals surface area contributed by atoms with Gasteiger partial charge in [-0.15, -0.1) is 0 Å². The standard InChI is InChI=1S/C6H9FN2O/c7-2-4-9-3-1-6(5-10)8-9/h1,3,10H,2,4-5H2. The van der Waals surface area contributed by atoms with Crippen molar-refractivity contribution in [2.45, 2.75) is 13.2 Å². The van der Waals surface area contributed by atoms with Gasteiger partial charge in [-0.2, -0.15) is 5.10 Å². The first kappa shape index (κ1) is 7.21. The monoisotopic (exact) mass is 144 g/mol. The minimum atomic E-state index is -0.424. The summed E-state index contributed by atoms with van der Waals surface area (Å²) in [7, 11) is 0. The predicted molar refractivity (Wildman–Crippen MR) is 34.1 cm³/mol. The summed E-state index contributed by atoms with van der Waals surface area (Å²) in [5, 5.41) is 12.4. The highest BCUT2D eigenvalue weighted by Crippen LogP contribution is 1.94. The van der Waals surface area contributed by atoms with Gasteiger partial charge in [0.1, 0.15) is 6.67 Å². The molecule has 0 amide bonds. The minimum absolute atomic E-state index is 0.0840. The Bertz CT molecular complexity index is 199. The molecule has 1 heterocycles. The molecule has 0 aromatic carbocycles. The summed E-state index contributed by atoms with van der Waals surface area (Å²) in [6, 6.07) is 1.66. The second kappa shape index (κ2) is 3.31. The van der Waals surface area contributed by atoms with Crippen molar-refractivity contribution in [3.8, 4) is 0 Å². The van der Waals surface area contributed by atoms with Gasteiger partial charge >= 0.3 is 0 Å². The smallest absolute Gasteiger partial charge is 0.109 e. The van der Waals surface area contributed by atoms with Crippen LogP contribution in [0.3, 0.4) is 0 Å². The Morgan fingerprint density at radius 1 is 1.70 bits per heavy atom. The number of hydrogen-bond acceptors (Lipinski definition) is 2. The van der Waals surface area contributed by atoms with E-state index in [1.165, 1.54) is 4.68 Å². The van der Waals surface area contributed by atoms with E-state index in [-0.39, 0.29) is 13.2 Å². The topological polar surface area (TPSA) is 38.0 Å². The van der Waals surface area contributed by atoms with E-state index in [4.69, 9.17) is 5.11 Å². The maximum atomic E-state index is 11.7. The fourth-order valence-corrected chi connectivity index (χ4v) is 0.699. The average Bonchev–Trinajstić information content (AvgIpc) is 2.37. The number of halogens is 1. The maximum absolute atomic E-state index is 11.7. The van der Waals surface area contributed by atoms with Gasteiger partial charge in [-0.25, -0.2) is 4.39 Å². The number of alkyl halides is 1. The highest BCUT2D eigenvalue weighted by molar-refractivity contribution is 4.96. The molecule has 1 rings (SSSR count). The van der Waals surface area contributed by atoms with Crippen LogP contribution in [0.1, 0.15) is 5.69 Å². The second-order valence-corrected chi connectivity index (χ2v) is 1.92. The van der Waals surface area contributed by atoms with Crippen LogP contribution in [-0.4, -0.2) is 21.6 Å². The zero-order chi connectivity index (χ0) is 7.40. The summed E-state index contributed by atoms with van der Waals surface area (Å²) < 4.78 is 13.1. The van der Waals surface area contributed by atoms with Crippen LogP contribution in [0.2, 0.25) is 0 Å². The van der Waals surface area contributed by atoms with Gasteiger partial charge < -0.3 is 5.11 Å². The normalized spacial score (nSPS) is 10.2. The van der Waals surface area contributed by atoms with Crippen molar-refractivity contribution < 1.29 is 9.50 Å². The highest BCUT2D eigenvalue weighted by atomic mass is 19.1. The van der Waals surface area contributed by atoms with Crippen molar-refractivity contribution in [2.75, 3.05) is 6.67 Å². The molecule has 0 saturated heterocycles. The summed E-state index contributed by atoms with van der Waals surface area (Å²) in [4.78, 5) is 0. The van der Waals surface area contributed by atoms with E-state index in [0.29, 0.717) is 5.69 Å². The minimum Gasteiger partial charge on any atom is -0.390 e. The van der Waals surface area contributed by atoms with E-state index in [2.05, 4.69) is 5.10 Å². The number of aromatic nitrogens is 2. The molecule has 4 heteroatoms. The summed E-state index contributed by atoms with van der Waals surface area (Å²) in [6.07, 6.45) is 1.64. The fraction of sp³-hybridized carbons (Fsp3) is 0.500. The molecule has 0 unspecified atom stereocenters. The Balaban J connectivity index is 2.59. The van der Waals surface area contributed by atoms with E-state index in [9.17, 15) is 4.39 Å². The van der Waals surface area contributed by atoms with Crippen LogP contribution in [0.5, 0.6) is 0 Å². The predicted octanol–water partition coefficient (Wildman–Crippen LogP) is 0.345. The molecule has 0 radical (unpaired) electrons. The van der Waals surface area contributed by atoms with Crippen molar-refractivity contribution in [3.05, 3.63) is 18.0 Å². The number of nitrogens with zero attached hydrogens (tertiary/aromatic N) is 2. The first-order chi connectivity index (χ1) is 4.86. The van der Waals surface area contributed by atoms with Crippen LogP contribution in [0.15, 0.2) is 12.3 Å². The number of hydrogen-bond donors (Lipinski definition) is 1. The van der Waals surface area contributed by atoms with Gasteiger partial charge in [0.15, 0.2) is 0 Å². The molecule has 0 atom stereocenters. The van der Waals surface area contributed by atoms with Crippen molar-refractivity contribution in [3.63, 3.8) is 0 Å². The second-order valence-electron chi connectivity index (χ2n) is 1.92. The van der Waals surface area contributed by atoms with Gasteiger partial charge in [-0.05, 0) is 6.07 Å². The summed E-state index contributed by atoms with van der Waals surface area (Å²) in [5.74, 6) is 0. The molecular formula is C6H9FN2O. The molecule has 0 aliphatic carbocycles. The van der Waals surface area contributed by atoms with Crippen molar-refractivity contribution in [1.82, 2.24) is 9.78 Å². The summed E-state index contributed by atoms with van der Waals surface area (Å²) in [6.45, 7) is -0.244. The largest absolute Gasteiger partial charge is 0.390 e. The third-order valence-corrected chi connectivity index (χ3v) is 1.17. The lowest BCUT2D eigenvalue weighted by Gasteiger charge is -1.92. The van der Waals surface area contributed by atoms with E-state index < -0.39 is 6.67 Å². The summed E-state index contributed by atoms with van der Waals surface area (Å²) in [5.41, 5.74) is 0.577. The molecule has 0 aliphatic heterocycles.